The van der Waals surface area contributed by atoms with Crippen molar-refractivity contribution in [3.63, 3.8) is 0 Å². The van der Waals surface area contributed by atoms with Crippen molar-refractivity contribution in [1.82, 2.24) is 9.55 Å². The summed E-state index contributed by atoms with van der Waals surface area (Å²) in [6.45, 7) is 2.86. The van der Waals surface area contributed by atoms with Crippen LogP contribution < -0.4 is 9.47 Å². The van der Waals surface area contributed by atoms with Gasteiger partial charge in [0.2, 0.25) is 0 Å². The van der Waals surface area contributed by atoms with Crippen LogP contribution in [-0.4, -0.2) is 23.8 Å². The summed E-state index contributed by atoms with van der Waals surface area (Å²) in [5.74, 6) is 2.77. The quantitative estimate of drug-likeness (QED) is 0.689. The van der Waals surface area contributed by atoms with Crippen molar-refractivity contribution in [2.75, 3.05) is 14.2 Å². The summed E-state index contributed by atoms with van der Waals surface area (Å²) >= 11 is 0. The van der Waals surface area contributed by atoms with Crippen molar-refractivity contribution in [3.8, 4) is 11.5 Å². The lowest BCUT2D eigenvalue weighted by molar-refractivity contribution is 0.383. The number of hydrogen-bond acceptors (Lipinski definition) is 3. The molecule has 0 fully saturated rings. The number of ether oxygens (including phenoxy) is 2. The first-order chi connectivity index (χ1) is 11.3. The summed E-state index contributed by atoms with van der Waals surface area (Å²) in [5.41, 5.74) is 3.21. The van der Waals surface area contributed by atoms with Crippen molar-refractivity contribution < 1.29 is 9.47 Å². The topological polar surface area (TPSA) is 36.3 Å². The third kappa shape index (κ3) is 2.89. The van der Waals surface area contributed by atoms with E-state index in [-0.39, 0.29) is 0 Å². The van der Waals surface area contributed by atoms with E-state index in [1.165, 1.54) is 0 Å². The SMILES string of the molecule is CCCc1nc2ccccc2n1Cc1c(OC)cccc1OC. The molecule has 0 radical (unpaired) electrons. The molecule has 0 aliphatic rings. The number of nitrogens with zero attached hydrogens (tertiary/aromatic N) is 2. The molecule has 1 heterocycles. The van der Waals surface area contributed by atoms with Crippen LogP contribution in [0.25, 0.3) is 11.0 Å². The second kappa shape index (κ2) is 6.73. The molecule has 0 atom stereocenters. The number of aryl methyl sites for hydroxylation is 1. The molecule has 0 amide bonds. The Morgan fingerprint density at radius 2 is 1.65 bits per heavy atom. The molecule has 120 valence electrons. The van der Waals surface area contributed by atoms with Crippen LogP contribution in [0.2, 0.25) is 0 Å². The van der Waals surface area contributed by atoms with Crippen molar-refractivity contribution in [3.05, 3.63) is 53.9 Å². The van der Waals surface area contributed by atoms with Crippen molar-refractivity contribution in [2.45, 2.75) is 26.3 Å². The average Bonchev–Trinajstić information content (AvgIpc) is 2.93. The molecule has 0 saturated carbocycles. The maximum atomic E-state index is 5.53. The van der Waals surface area contributed by atoms with E-state index in [0.29, 0.717) is 6.54 Å². The van der Waals surface area contributed by atoms with E-state index in [9.17, 15) is 0 Å². The summed E-state index contributed by atoms with van der Waals surface area (Å²) in [4.78, 5) is 4.79. The number of benzene rings is 2. The molecule has 0 unspecified atom stereocenters. The number of imidazole rings is 1. The van der Waals surface area contributed by atoms with Crippen molar-refractivity contribution >= 4 is 11.0 Å². The summed E-state index contributed by atoms with van der Waals surface area (Å²) in [6.07, 6.45) is 2.01. The zero-order valence-corrected chi connectivity index (χ0v) is 13.9. The summed E-state index contributed by atoms with van der Waals surface area (Å²) in [5, 5.41) is 0. The van der Waals surface area contributed by atoms with E-state index in [0.717, 1.165) is 46.8 Å². The van der Waals surface area contributed by atoms with Gasteiger partial charge in [0, 0.05) is 6.42 Å². The molecule has 0 spiro atoms. The van der Waals surface area contributed by atoms with Gasteiger partial charge in [0.1, 0.15) is 17.3 Å². The van der Waals surface area contributed by atoms with Gasteiger partial charge in [-0.25, -0.2) is 4.98 Å². The predicted molar refractivity (Wildman–Crippen MR) is 92.4 cm³/mol. The fraction of sp³-hybridized carbons (Fsp3) is 0.316. The molecule has 4 heteroatoms. The Morgan fingerprint density at radius 1 is 0.957 bits per heavy atom. The summed E-state index contributed by atoms with van der Waals surface area (Å²) in [6, 6.07) is 14.1. The number of methoxy groups -OCH3 is 2. The van der Waals surface area contributed by atoms with Gasteiger partial charge in [-0.3, -0.25) is 0 Å². The van der Waals surface area contributed by atoms with Gasteiger partial charge in [-0.05, 0) is 30.7 Å². The van der Waals surface area contributed by atoms with Crippen LogP contribution >= 0.6 is 0 Å². The molecule has 0 aliphatic heterocycles. The molecule has 1 aromatic heterocycles. The minimum absolute atomic E-state index is 0.684. The number of rotatable bonds is 6. The highest BCUT2D eigenvalue weighted by molar-refractivity contribution is 5.76. The highest BCUT2D eigenvalue weighted by Gasteiger charge is 2.15. The zero-order chi connectivity index (χ0) is 16.2. The Balaban J connectivity index is 2.13. The first kappa shape index (κ1) is 15.4. The zero-order valence-electron chi connectivity index (χ0n) is 13.9. The van der Waals surface area contributed by atoms with Gasteiger partial charge in [0.25, 0.3) is 0 Å². The fourth-order valence-electron chi connectivity index (χ4n) is 2.96. The lowest BCUT2D eigenvalue weighted by Gasteiger charge is -2.15. The van der Waals surface area contributed by atoms with Crippen molar-refractivity contribution in [2.24, 2.45) is 0 Å². The largest absolute Gasteiger partial charge is 0.496 e. The molecule has 0 bridgehead atoms. The number of aromatic nitrogens is 2. The third-order valence-corrected chi connectivity index (χ3v) is 4.05. The fourth-order valence-corrected chi connectivity index (χ4v) is 2.96. The van der Waals surface area contributed by atoms with E-state index < -0.39 is 0 Å². The summed E-state index contributed by atoms with van der Waals surface area (Å²) < 4.78 is 13.3. The summed E-state index contributed by atoms with van der Waals surface area (Å²) in [7, 11) is 3.38. The average molecular weight is 310 g/mol. The van der Waals surface area contributed by atoms with Gasteiger partial charge in [0.15, 0.2) is 0 Å². The number of fused-ring (bicyclic) bond motifs is 1. The Labute approximate surface area is 136 Å². The molecule has 4 nitrogen and oxygen atoms in total. The smallest absolute Gasteiger partial charge is 0.127 e. The van der Waals surface area contributed by atoms with Crippen LogP contribution in [0.5, 0.6) is 11.5 Å². The van der Waals surface area contributed by atoms with Gasteiger partial charge >= 0.3 is 0 Å². The van der Waals surface area contributed by atoms with Gasteiger partial charge in [0.05, 0.1) is 37.4 Å². The molecular formula is C19H22N2O2. The van der Waals surface area contributed by atoms with Crippen LogP contribution in [0.1, 0.15) is 24.7 Å². The minimum atomic E-state index is 0.684. The van der Waals surface area contributed by atoms with Gasteiger partial charge in [-0.15, -0.1) is 0 Å². The van der Waals surface area contributed by atoms with Crippen LogP contribution in [-0.2, 0) is 13.0 Å². The van der Waals surface area contributed by atoms with Crippen LogP contribution in [0, 0.1) is 0 Å². The second-order valence-electron chi connectivity index (χ2n) is 5.49. The molecule has 2 aromatic carbocycles. The van der Waals surface area contributed by atoms with E-state index >= 15 is 0 Å². The third-order valence-electron chi connectivity index (χ3n) is 4.05. The molecule has 0 saturated heterocycles. The van der Waals surface area contributed by atoms with E-state index in [1.807, 2.05) is 24.3 Å². The van der Waals surface area contributed by atoms with Crippen LogP contribution in [0.15, 0.2) is 42.5 Å². The number of hydrogen-bond donors (Lipinski definition) is 0. The first-order valence-corrected chi connectivity index (χ1v) is 7.92. The van der Waals surface area contributed by atoms with Crippen LogP contribution in [0.4, 0.5) is 0 Å². The predicted octanol–water partition coefficient (Wildman–Crippen LogP) is 4.05. The standard InChI is InChI=1S/C19H22N2O2/c1-4-8-19-20-15-9-5-6-10-16(15)21(19)13-14-17(22-2)11-7-12-18(14)23-3/h5-7,9-12H,4,8,13H2,1-3H3. The molecule has 0 aliphatic carbocycles. The monoisotopic (exact) mass is 310 g/mol. The highest BCUT2D eigenvalue weighted by Crippen LogP contribution is 2.30. The van der Waals surface area contributed by atoms with Gasteiger partial charge < -0.3 is 14.0 Å². The number of para-hydroxylation sites is 2. The molecule has 23 heavy (non-hydrogen) atoms. The van der Waals surface area contributed by atoms with Gasteiger partial charge in [-0.2, -0.15) is 0 Å². The molecule has 0 N–H and O–H groups in total. The van der Waals surface area contributed by atoms with E-state index in [2.05, 4.69) is 29.7 Å². The molecular weight excluding hydrogens is 288 g/mol. The lowest BCUT2D eigenvalue weighted by Crippen LogP contribution is -2.08. The molecule has 3 rings (SSSR count). The normalized spacial score (nSPS) is 10.9. The van der Waals surface area contributed by atoms with E-state index in [1.54, 1.807) is 14.2 Å². The maximum absolute atomic E-state index is 5.53. The maximum Gasteiger partial charge on any atom is 0.127 e. The van der Waals surface area contributed by atoms with E-state index in [4.69, 9.17) is 14.5 Å². The Kier molecular flexibility index (Phi) is 4.51. The Hall–Kier alpha value is -2.49. The minimum Gasteiger partial charge on any atom is -0.496 e. The Bertz CT molecular complexity index is 786. The van der Waals surface area contributed by atoms with Crippen molar-refractivity contribution in [1.29, 1.82) is 0 Å². The first-order valence-electron chi connectivity index (χ1n) is 7.92. The second-order valence-corrected chi connectivity index (χ2v) is 5.49. The Morgan fingerprint density at radius 3 is 2.30 bits per heavy atom. The highest BCUT2D eigenvalue weighted by atomic mass is 16.5. The van der Waals surface area contributed by atoms with Crippen LogP contribution in [0.3, 0.4) is 0 Å². The molecule has 3 aromatic rings. The van der Waals surface area contributed by atoms with Gasteiger partial charge in [-0.1, -0.05) is 25.1 Å². The lowest BCUT2D eigenvalue weighted by atomic mass is 10.1.